The maximum Gasteiger partial charge on any atom is 0.193 e. The van der Waals surface area contributed by atoms with Gasteiger partial charge in [0.05, 0.1) is 11.4 Å². The molecule has 3 nitrogen and oxygen atoms in total. The summed E-state index contributed by atoms with van der Waals surface area (Å²) in [6.45, 7) is 0.879. The maximum absolute atomic E-state index is 12.5. The Morgan fingerprint density at radius 1 is 0.760 bits per heavy atom. The van der Waals surface area contributed by atoms with E-state index in [1.54, 1.807) is 0 Å². The van der Waals surface area contributed by atoms with E-state index in [9.17, 15) is 4.79 Å². The fourth-order valence-corrected chi connectivity index (χ4v) is 3.02. The lowest BCUT2D eigenvalue weighted by molar-refractivity contribution is 0.103. The van der Waals surface area contributed by atoms with Crippen LogP contribution in [0.1, 0.15) is 27.9 Å². The molecular weight excluding hydrogens is 308 g/mol. The predicted octanol–water partition coefficient (Wildman–Crippen LogP) is 4.53. The molecule has 0 unspecified atom stereocenters. The molecule has 0 bridgehead atoms. The number of hydrogen-bond donors (Lipinski definition) is 0. The Morgan fingerprint density at radius 2 is 1.36 bits per heavy atom. The topological polar surface area (TPSA) is 32.7 Å². The van der Waals surface area contributed by atoms with Crippen LogP contribution in [-0.2, 0) is 0 Å². The van der Waals surface area contributed by atoms with E-state index in [1.165, 1.54) is 0 Å². The summed E-state index contributed by atoms with van der Waals surface area (Å²) in [6, 6.07) is 27.3. The first-order chi connectivity index (χ1) is 12.3. The van der Waals surface area contributed by atoms with Crippen molar-refractivity contribution in [2.75, 3.05) is 11.6 Å². The number of nitrogens with zero attached hydrogens (tertiary/aromatic N) is 2. The normalized spacial score (nSPS) is 13.6. The van der Waals surface area contributed by atoms with Gasteiger partial charge in [0.25, 0.3) is 0 Å². The highest BCUT2D eigenvalue weighted by atomic mass is 16.1. The van der Waals surface area contributed by atoms with Crippen LogP contribution in [0.25, 0.3) is 0 Å². The molecule has 0 aromatic heterocycles. The molecular formula is C22H18N2O. The Kier molecular flexibility index (Phi) is 4.13. The smallest absolute Gasteiger partial charge is 0.193 e. The summed E-state index contributed by atoms with van der Waals surface area (Å²) in [4.78, 5) is 12.5. The number of anilines is 1. The Bertz CT molecular complexity index is 900. The number of rotatable bonds is 4. The van der Waals surface area contributed by atoms with Crippen LogP contribution < -0.4 is 5.01 Å². The zero-order valence-corrected chi connectivity index (χ0v) is 13.8. The largest absolute Gasteiger partial charge is 0.289 e. The minimum atomic E-state index is 0.0476. The van der Waals surface area contributed by atoms with Crippen LogP contribution in [0.15, 0.2) is 90.0 Å². The van der Waals surface area contributed by atoms with Gasteiger partial charge in [0.15, 0.2) is 5.78 Å². The molecule has 0 atom stereocenters. The summed E-state index contributed by atoms with van der Waals surface area (Å²) in [6.07, 6.45) is 0.904. The van der Waals surface area contributed by atoms with E-state index in [0.29, 0.717) is 11.1 Å². The van der Waals surface area contributed by atoms with Crippen LogP contribution in [0.5, 0.6) is 0 Å². The van der Waals surface area contributed by atoms with Crippen LogP contribution >= 0.6 is 0 Å². The van der Waals surface area contributed by atoms with Crippen LogP contribution in [0.2, 0.25) is 0 Å². The van der Waals surface area contributed by atoms with Crippen molar-refractivity contribution in [3.8, 4) is 0 Å². The Hall–Kier alpha value is -3.20. The van der Waals surface area contributed by atoms with Crippen molar-refractivity contribution in [2.24, 2.45) is 5.10 Å². The fourth-order valence-electron chi connectivity index (χ4n) is 3.02. The van der Waals surface area contributed by atoms with Crippen molar-refractivity contribution in [3.63, 3.8) is 0 Å². The molecule has 0 aliphatic carbocycles. The van der Waals surface area contributed by atoms with Crippen molar-refractivity contribution in [1.82, 2.24) is 0 Å². The second kappa shape index (κ2) is 6.73. The standard InChI is InChI=1S/C22H18N2O/c25-22(18-7-3-1-4-8-18)19-13-11-17(12-14-19)21-15-16-24(23-21)20-9-5-2-6-10-20/h1-14H,15-16H2. The number of carbonyl (C=O) groups excluding carboxylic acids is 1. The maximum atomic E-state index is 12.5. The SMILES string of the molecule is O=C(c1ccccc1)c1ccc(C2=NN(c3ccccc3)CC2)cc1. The zero-order chi connectivity index (χ0) is 17.1. The highest BCUT2D eigenvalue weighted by molar-refractivity contribution is 6.10. The van der Waals surface area contributed by atoms with Crippen LogP contribution in [0.4, 0.5) is 5.69 Å². The Morgan fingerprint density at radius 3 is 2.04 bits per heavy atom. The van der Waals surface area contributed by atoms with E-state index in [-0.39, 0.29) is 5.78 Å². The number of benzene rings is 3. The molecule has 0 N–H and O–H groups in total. The molecule has 25 heavy (non-hydrogen) atoms. The number of ketones is 1. The van der Waals surface area contributed by atoms with Gasteiger partial charge < -0.3 is 0 Å². The summed E-state index contributed by atoms with van der Waals surface area (Å²) in [5.41, 5.74) is 4.65. The van der Waals surface area contributed by atoms with Crippen molar-refractivity contribution in [2.45, 2.75) is 6.42 Å². The van der Waals surface area contributed by atoms with E-state index in [0.717, 1.165) is 29.9 Å². The highest BCUT2D eigenvalue weighted by Crippen LogP contribution is 2.21. The molecule has 122 valence electrons. The summed E-state index contributed by atoms with van der Waals surface area (Å²) in [5, 5.41) is 6.75. The molecule has 4 rings (SSSR count). The molecule has 3 aromatic rings. The molecule has 0 spiro atoms. The van der Waals surface area contributed by atoms with Gasteiger partial charge in [-0.15, -0.1) is 0 Å². The zero-order valence-electron chi connectivity index (χ0n) is 13.8. The Labute approximate surface area is 147 Å². The molecule has 0 radical (unpaired) electrons. The minimum absolute atomic E-state index is 0.0476. The van der Waals surface area contributed by atoms with Crippen LogP contribution in [0.3, 0.4) is 0 Å². The van der Waals surface area contributed by atoms with E-state index in [1.807, 2.05) is 77.8 Å². The summed E-state index contributed by atoms with van der Waals surface area (Å²) in [7, 11) is 0. The van der Waals surface area contributed by atoms with Gasteiger partial charge in [-0.05, 0) is 17.7 Å². The lowest BCUT2D eigenvalue weighted by Gasteiger charge is -2.12. The third-order valence-corrected chi connectivity index (χ3v) is 4.37. The molecule has 0 amide bonds. The summed E-state index contributed by atoms with van der Waals surface area (Å²) < 4.78 is 0. The molecule has 0 fully saturated rings. The third kappa shape index (κ3) is 3.22. The van der Waals surface area contributed by atoms with Gasteiger partial charge in [-0.25, -0.2) is 0 Å². The molecule has 1 aliphatic rings. The molecule has 1 aliphatic heterocycles. The summed E-state index contributed by atoms with van der Waals surface area (Å²) in [5.74, 6) is 0.0476. The van der Waals surface area contributed by atoms with Gasteiger partial charge >= 0.3 is 0 Å². The van der Waals surface area contributed by atoms with Gasteiger partial charge in [0.2, 0.25) is 0 Å². The summed E-state index contributed by atoms with van der Waals surface area (Å²) >= 11 is 0. The predicted molar refractivity (Wildman–Crippen MR) is 101 cm³/mol. The van der Waals surface area contributed by atoms with Crippen molar-refractivity contribution in [1.29, 1.82) is 0 Å². The van der Waals surface area contributed by atoms with E-state index >= 15 is 0 Å². The van der Waals surface area contributed by atoms with Crippen molar-refractivity contribution < 1.29 is 4.79 Å². The second-order valence-electron chi connectivity index (χ2n) is 6.03. The molecule has 3 heteroatoms. The highest BCUT2D eigenvalue weighted by Gasteiger charge is 2.17. The number of hydrazone groups is 1. The van der Waals surface area contributed by atoms with Crippen molar-refractivity contribution >= 4 is 17.2 Å². The van der Waals surface area contributed by atoms with E-state index in [2.05, 4.69) is 12.1 Å². The van der Waals surface area contributed by atoms with Gasteiger partial charge in [0.1, 0.15) is 0 Å². The lowest BCUT2D eigenvalue weighted by Crippen LogP contribution is -2.11. The first-order valence-corrected chi connectivity index (χ1v) is 8.41. The Balaban J connectivity index is 1.54. The van der Waals surface area contributed by atoms with Gasteiger partial charge in [-0.3, -0.25) is 9.80 Å². The fraction of sp³-hybridized carbons (Fsp3) is 0.0909. The van der Waals surface area contributed by atoms with Gasteiger partial charge in [-0.1, -0.05) is 72.8 Å². The van der Waals surface area contributed by atoms with Gasteiger partial charge in [0, 0.05) is 24.1 Å². The number of carbonyl (C=O) groups is 1. The monoisotopic (exact) mass is 326 g/mol. The average molecular weight is 326 g/mol. The first kappa shape index (κ1) is 15.3. The molecule has 0 saturated carbocycles. The third-order valence-electron chi connectivity index (χ3n) is 4.37. The van der Waals surface area contributed by atoms with Crippen LogP contribution in [0, 0.1) is 0 Å². The van der Waals surface area contributed by atoms with Gasteiger partial charge in [-0.2, -0.15) is 5.10 Å². The molecule has 0 saturated heterocycles. The first-order valence-electron chi connectivity index (χ1n) is 8.41. The van der Waals surface area contributed by atoms with E-state index in [4.69, 9.17) is 5.10 Å². The second-order valence-corrected chi connectivity index (χ2v) is 6.03. The molecule has 1 heterocycles. The van der Waals surface area contributed by atoms with Crippen LogP contribution in [-0.4, -0.2) is 18.0 Å². The van der Waals surface area contributed by atoms with Crippen molar-refractivity contribution in [3.05, 3.63) is 102 Å². The quantitative estimate of drug-likeness (QED) is 0.660. The van der Waals surface area contributed by atoms with E-state index < -0.39 is 0 Å². The number of hydrogen-bond acceptors (Lipinski definition) is 3. The average Bonchev–Trinajstić information content (AvgIpc) is 3.19. The number of para-hydroxylation sites is 1. The minimum Gasteiger partial charge on any atom is -0.289 e. The molecule has 3 aromatic carbocycles. The lowest BCUT2D eigenvalue weighted by atomic mass is 10.0.